The normalized spacial score (nSPS) is 10.7. The Bertz CT molecular complexity index is 418. The summed E-state index contributed by atoms with van der Waals surface area (Å²) in [7, 11) is 0. The van der Waals surface area contributed by atoms with Crippen LogP contribution in [-0.2, 0) is 4.79 Å². The van der Waals surface area contributed by atoms with Gasteiger partial charge in [-0.3, -0.25) is 0 Å². The second-order valence-electron chi connectivity index (χ2n) is 3.17. The molecule has 0 unspecified atom stereocenters. The number of aliphatic carboxylic acids is 1. The molecule has 5 heteroatoms. The topological polar surface area (TPSA) is 46.5 Å². The summed E-state index contributed by atoms with van der Waals surface area (Å²) >= 11 is 7.68. The van der Waals surface area contributed by atoms with Gasteiger partial charge in [-0.05, 0) is 18.4 Å². The molecule has 0 bridgehead atoms. The van der Waals surface area contributed by atoms with Crippen molar-refractivity contribution in [1.82, 2.24) is 0 Å². The first-order valence-electron chi connectivity index (χ1n) is 4.96. The highest BCUT2D eigenvalue weighted by Gasteiger charge is 2.06. The second-order valence-corrected chi connectivity index (χ2v) is 4.56. The van der Waals surface area contributed by atoms with Crippen LogP contribution in [0.4, 0.5) is 0 Å². The quantitative estimate of drug-likeness (QED) is 0.638. The van der Waals surface area contributed by atoms with Gasteiger partial charge in [-0.25, -0.2) is 4.79 Å². The first-order valence-corrected chi connectivity index (χ1v) is 6.73. The van der Waals surface area contributed by atoms with Crippen LogP contribution in [0.2, 0.25) is 5.02 Å². The Hall–Kier alpha value is -1.13. The van der Waals surface area contributed by atoms with Crippen molar-refractivity contribution in [2.24, 2.45) is 0 Å². The van der Waals surface area contributed by atoms with Crippen LogP contribution in [0.5, 0.6) is 5.75 Å². The van der Waals surface area contributed by atoms with Gasteiger partial charge < -0.3 is 9.84 Å². The van der Waals surface area contributed by atoms with E-state index in [1.54, 1.807) is 30.0 Å². The minimum atomic E-state index is -1.000. The first-order chi connectivity index (χ1) is 8.15. The SMILES string of the molecule is CSCCOc1c(Cl)cccc1/C=C/C(=O)O. The van der Waals surface area contributed by atoms with Gasteiger partial charge in [-0.2, -0.15) is 11.8 Å². The summed E-state index contributed by atoms with van der Waals surface area (Å²) in [5, 5.41) is 9.07. The van der Waals surface area contributed by atoms with Crippen LogP contribution < -0.4 is 4.74 Å². The van der Waals surface area contributed by atoms with E-state index in [0.29, 0.717) is 22.9 Å². The Morgan fingerprint density at radius 2 is 2.35 bits per heavy atom. The van der Waals surface area contributed by atoms with Gasteiger partial charge in [-0.15, -0.1) is 0 Å². The van der Waals surface area contributed by atoms with Crippen molar-refractivity contribution in [1.29, 1.82) is 0 Å². The zero-order valence-electron chi connectivity index (χ0n) is 9.35. The average molecular weight is 273 g/mol. The molecule has 0 aliphatic rings. The van der Waals surface area contributed by atoms with Crippen LogP contribution in [0.25, 0.3) is 6.08 Å². The molecule has 0 heterocycles. The van der Waals surface area contributed by atoms with E-state index in [1.807, 2.05) is 6.26 Å². The van der Waals surface area contributed by atoms with Crippen molar-refractivity contribution < 1.29 is 14.6 Å². The molecule has 0 fully saturated rings. The Balaban J connectivity index is 2.87. The zero-order chi connectivity index (χ0) is 12.7. The molecule has 0 aromatic heterocycles. The Labute approximate surface area is 109 Å². The molecular formula is C12H13ClO3S. The van der Waals surface area contributed by atoms with Crippen molar-refractivity contribution in [3.05, 3.63) is 34.9 Å². The summed E-state index contributed by atoms with van der Waals surface area (Å²) in [5.41, 5.74) is 0.668. The van der Waals surface area contributed by atoms with Crippen molar-refractivity contribution in [3.63, 3.8) is 0 Å². The van der Waals surface area contributed by atoms with Gasteiger partial charge in [0.15, 0.2) is 0 Å². The van der Waals surface area contributed by atoms with Gasteiger partial charge >= 0.3 is 5.97 Å². The van der Waals surface area contributed by atoms with Crippen LogP contribution in [0.1, 0.15) is 5.56 Å². The third kappa shape index (κ3) is 4.71. The maximum absolute atomic E-state index is 10.5. The number of para-hydroxylation sites is 1. The number of halogens is 1. The molecule has 1 rings (SSSR count). The molecule has 0 spiro atoms. The van der Waals surface area contributed by atoms with Gasteiger partial charge in [0, 0.05) is 17.4 Å². The fraction of sp³-hybridized carbons (Fsp3) is 0.250. The molecule has 0 aliphatic heterocycles. The lowest BCUT2D eigenvalue weighted by molar-refractivity contribution is -0.131. The maximum atomic E-state index is 10.5. The molecule has 3 nitrogen and oxygen atoms in total. The Kier molecular flexibility index (Phi) is 5.94. The zero-order valence-corrected chi connectivity index (χ0v) is 10.9. The lowest BCUT2D eigenvalue weighted by Crippen LogP contribution is -2.01. The number of hydrogen-bond acceptors (Lipinski definition) is 3. The fourth-order valence-electron chi connectivity index (χ4n) is 1.20. The van der Waals surface area contributed by atoms with Crippen molar-refractivity contribution in [2.45, 2.75) is 0 Å². The summed E-state index contributed by atoms with van der Waals surface area (Å²) in [5.74, 6) is 0.383. The molecule has 1 aromatic rings. The molecule has 0 amide bonds. The first kappa shape index (κ1) is 13.9. The number of carbonyl (C=O) groups is 1. The van der Waals surface area contributed by atoms with Gasteiger partial charge in [0.1, 0.15) is 5.75 Å². The van der Waals surface area contributed by atoms with Crippen LogP contribution in [0.15, 0.2) is 24.3 Å². The monoisotopic (exact) mass is 272 g/mol. The molecule has 0 saturated carbocycles. The van der Waals surface area contributed by atoms with E-state index in [4.69, 9.17) is 21.4 Å². The molecule has 0 radical (unpaired) electrons. The second kappa shape index (κ2) is 7.25. The number of hydrogen-bond donors (Lipinski definition) is 1. The van der Waals surface area contributed by atoms with Gasteiger partial charge in [0.2, 0.25) is 0 Å². The smallest absolute Gasteiger partial charge is 0.328 e. The van der Waals surface area contributed by atoms with E-state index in [2.05, 4.69) is 0 Å². The van der Waals surface area contributed by atoms with E-state index in [1.165, 1.54) is 6.08 Å². The molecule has 17 heavy (non-hydrogen) atoms. The minimum Gasteiger partial charge on any atom is -0.491 e. The van der Waals surface area contributed by atoms with E-state index in [0.717, 1.165) is 11.8 Å². The van der Waals surface area contributed by atoms with Crippen LogP contribution in [-0.4, -0.2) is 29.7 Å². The molecular weight excluding hydrogens is 260 g/mol. The number of ether oxygens (including phenoxy) is 1. The fourth-order valence-corrected chi connectivity index (χ4v) is 1.68. The number of carboxylic acid groups (broad SMARTS) is 1. The van der Waals surface area contributed by atoms with Crippen molar-refractivity contribution in [2.75, 3.05) is 18.6 Å². The molecule has 92 valence electrons. The van der Waals surface area contributed by atoms with Gasteiger partial charge in [-0.1, -0.05) is 23.7 Å². The lowest BCUT2D eigenvalue weighted by atomic mass is 10.2. The summed E-state index contributed by atoms with van der Waals surface area (Å²) in [4.78, 5) is 10.5. The summed E-state index contributed by atoms with van der Waals surface area (Å²) in [6, 6.07) is 5.24. The van der Waals surface area contributed by atoms with Gasteiger partial charge in [0.25, 0.3) is 0 Å². The van der Waals surface area contributed by atoms with E-state index in [9.17, 15) is 4.79 Å². The highest BCUT2D eigenvalue weighted by molar-refractivity contribution is 7.98. The standard InChI is InChI=1S/C12H13ClO3S/c1-17-8-7-16-12-9(5-6-11(14)15)3-2-4-10(12)13/h2-6H,7-8H2,1H3,(H,14,15)/b6-5+. The maximum Gasteiger partial charge on any atom is 0.328 e. The van der Waals surface area contributed by atoms with Crippen LogP contribution in [0.3, 0.4) is 0 Å². The highest BCUT2D eigenvalue weighted by atomic mass is 35.5. The third-order valence-corrected chi connectivity index (χ3v) is 2.81. The minimum absolute atomic E-state index is 0.485. The third-order valence-electron chi connectivity index (χ3n) is 1.94. The van der Waals surface area contributed by atoms with Crippen molar-refractivity contribution >= 4 is 35.4 Å². The lowest BCUT2D eigenvalue weighted by Gasteiger charge is -2.10. The predicted octanol–water partition coefficient (Wildman–Crippen LogP) is 3.18. The molecule has 0 saturated heterocycles. The van der Waals surface area contributed by atoms with Crippen molar-refractivity contribution in [3.8, 4) is 5.75 Å². The largest absolute Gasteiger partial charge is 0.491 e. The molecule has 1 aromatic carbocycles. The van der Waals surface area contributed by atoms with E-state index >= 15 is 0 Å². The Morgan fingerprint density at radius 3 is 3.00 bits per heavy atom. The summed E-state index contributed by atoms with van der Waals surface area (Å²) in [6.45, 7) is 0.540. The average Bonchev–Trinajstić information content (AvgIpc) is 2.29. The number of rotatable bonds is 6. The van der Waals surface area contributed by atoms with Gasteiger partial charge in [0.05, 0.1) is 11.6 Å². The summed E-state index contributed by atoms with van der Waals surface area (Å²) < 4.78 is 5.54. The van der Waals surface area contributed by atoms with E-state index < -0.39 is 5.97 Å². The number of benzene rings is 1. The summed E-state index contributed by atoms with van der Waals surface area (Å²) in [6.07, 6.45) is 4.52. The van der Waals surface area contributed by atoms with Crippen LogP contribution in [0, 0.1) is 0 Å². The highest BCUT2D eigenvalue weighted by Crippen LogP contribution is 2.29. The number of carboxylic acids is 1. The Morgan fingerprint density at radius 1 is 1.59 bits per heavy atom. The number of thioether (sulfide) groups is 1. The molecule has 0 atom stereocenters. The van der Waals surface area contributed by atoms with Crippen LogP contribution >= 0.6 is 23.4 Å². The molecule has 1 N–H and O–H groups in total. The van der Waals surface area contributed by atoms with E-state index in [-0.39, 0.29) is 0 Å². The molecule has 0 aliphatic carbocycles. The predicted molar refractivity (Wildman–Crippen MR) is 72.0 cm³/mol.